The van der Waals surface area contributed by atoms with E-state index in [9.17, 15) is 0 Å². The van der Waals surface area contributed by atoms with Crippen molar-refractivity contribution in [2.24, 2.45) is 5.92 Å². The Morgan fingerprint density at radius 3 is 2.33 bits per heavy atom. The summed E-state index contributed by atoms with van der Waals surface area (Å²) < 4.78 is 5.17. The molecule has 0 aliphatic heterocycles. The average molecular weight is 151 g/mol. The molecule has 0 N–H and O–H groups in total. The van der Waals surface area contributed by atoms with Gasteiger partial charge in [-0.1, -0.05) is 6.92 Å². The maximum atomic E-state index is 5.78. The molecule has 0 aromatic heterocycles. The van der Waals surface area contributed by atoms with Crippen molar-refractivity contribution in [3.63, 3.8) is 0 Å². The minimum Gasteiger partial charge on any atom is -0.381 e. The zero-order chi connectivity index (χ0) is 7.28. The van der Waals surface area contributed by atoms with Crippen LogP contribution in [-0.4, -0.2) is 18.6 Å². The molecule has 9 heavy (non-hydrogen) atoms. The van der Waals surface area contributed by atoms with Crippen LogP contribution in [0.15, 0.2) is 0 Å². The van der Waals surface area contributed by atoms with Gasteiger partial charge in [0.05, 0.1) is 6.61 Å². The van der Waals surface area contributed by atoms with Gasteiger partial charge in [0.25, 0.3) is 0 Å². The van der Waals surface area contributed by atoms with Gasteiger partial charge in [-0.05, 0) is 19.8 Å². The van der Waals surface area contributed by atoms with Crippen LogP contribution in [0.3, 0.4) is 0 Å². The van der Waals surface area contributed by atoms with Crippen LogP contribution in [0.4, 0.5) is 0 Å². The van der Waals surface area contributed by atoms with Gasteiger partial charge in [0, 0.05) is 12.0 Å². The Bertz CT molecular complexity index is 63.9. The van der Waals surface area contributed by atoms with Crippen molar-refractivity contribution < 1.29 is 4.74 Å². The minimum absolute atomic E-state index is 0.219. The Hall–Kier alpha value is 0.250. The molecule has 0 amide bonds. The molecule has 0 saturated carbocycles. The van der Waals surface area contributed by atoms with Crippen LogP contribution in [-0.2, 0) is 4.74 Å². The first-order chi connectivity index (χ1) is 4.18. The fourth-order valence-electron chi connectivity index (χ4n) is 0.436. The number of halogens is 1. The van der Waals surface area contributed by atoms with E-state index in [1.165, 1.54) is 0 Å². The summed E-state index contributed by atoms with van der Waals surface area (Å²) >= 11 is 5.78. The third-order valence-electron chi connectivity index (χ3n) is 1.37. The van der Waals surface area contributed by atoms with Crippen molar-refractivity contribution in [3.8, 4) is 0 Å². The number of hydrogen-bond donors (Lipinski definition) is 0. The third-order valence-corrected chi connectivity index (χ3v) is 1.80. The number of rotatable bonds is 4. The predicted molar refractivity (Wildman–Crippen MR) is 41.0 cm³/mol. The summed E-state index contributed by atoms with van der Waals surface area (Å²) in [6.45, 7) is 7.64. The zero-order valence-electron chi connectivity index (χ0n) is 6.36. The second-order valence-electron chi connectivity index (χ2n) is 2.31. The SMILES string of the molecule is CCOCC(C)C(C)Cl. The van der Waals surface area contributed by atoms with Crippen LogP contribution in [0.1, 0.15) is 20.8 Å². The van der Waals surface area contributed by atoms with Crippen LogP contribution in [0, 0.1) is 5.92 Å². The average Bonchev–Trinajstić information content (AvgIpc) is 1.82. The summed E-state index contributed by atoms with van der Waals surface area (Å²) in [7, 11) is 0. The molecule has 56 valence electrons. The lowest BCUT2D eigenvalue weighted by molar-refractivity contribution is 0.116. The largest absolute Gasteiger partial charge is 0.381 e. The van der Waals surface area contributed by atoms with Gasteiger partial charge in [0.2, 0.25) is 0 Å². The van der Waals surface area contributed by atoms with E-state index >= 15 is 0 Å². The predicted octanol–water partition coefficient (Wildman–Crippen LogP) is 2.29. The number of ether oxygens (including phenoxy) is 1. The number of alkyl halides is 1. The highest BCUT2D eigenvalue weighted by atomic mass is 35.5. The van der Waals surface area contributed by atoms with E-state index < -0.39 is 0 Å². The van der Waals surface area contributed by atoms with Crippen LogP contribution in [0.25, 0.3) is 0 Å². The highest BCUT2D eigenvalue weighted by Crippen LogP contribution is 2.08. The van der Waals surface area contributed by atoms with Gasteiger partial charge >= 0.3 is 0 Å². The normalized spacial score (nSPS) is 17.3. The molecule has 0 radical (unpaired) electrons. The first kappa shape index (κ1) is 9.25. The Morgan fingerprint density at radius 1 is 1.44 bits per heavy atom. The van der Waals surface area contributed by atoms with E-state index in [4.69, 9.17) is 16.3 Å². The van der Waals surface area contributed by atoms with Crippen LogP contribution >= 0.6 is 11.6 Å². The molecule has 0 fully saturated rings. The smallest absolute Gasteiger partial charge is 0.0505 e. The van der Waals surface area contributed by atoms with Crippen molar-refractivity contribution in [2.75, 3.05) is 13.2 Å². The van der Waals surface area contributed by atoms with E-state index in [1.807, 2.05) is 13.8 Å². The summed E-state index contributed by atoms with van der Waals surface area (Å²) in [5.74, 6) is 0.464. The van der Waals surface area contributed by atoms with Crippen LogP contribution in [0.5, 0.6) is 0 Å². The zero-order valence-corrected chi connectivity index (χ0v) is 7.11. The summed E-state index contributed by atoms with van der Waals surface area (Å²) in [4.78, 5) is 0. The topological polar surface area (TPSA) is 9.23 Å². The molecule has 0 aromatic rings. The summed E-state index contributed by atoms with van der Waals surface area (Å²) in [5.41, 5.74) is 0. The first-order valence-corrected chi connectivity index (χ1v) is 3.84. The molecule has 0 rings (SSSR count). The molecule has 0 spiro atoms. The van der Waals surface area contributed by atoms with Gasteiger partial charge < -0.3 is 4.74 Å². The Morgan fingerprint density at radius 2 is 2.00 bits per heavy atom. The molecule has 2 heteroatoms. The maximum Gasteiger partial charge on any atom is 0.0505 e. The van der Waals surface area contributed by atoms with E-state index in [0.29, 0.717) is 5.92 Å². The second-order valence-corrected chi connectivity index (χ2v) is 3.00. The Labute approximate surface area is 62.3 Å². The molecular formula is C7H15ClO. The molecule has 2 atom stereocenters. The fourth-order valence-corrected chi connectivity index (χ4v) is 0.509. The monoisotopic (exact) mass is 150 g/mol. The second kappa shape index (κ2) is 5.07. The highest BCUT2D eigenvalue weighted by Gasteiger charge is 2.07. The van der Waals surface area contributed by atoms with Crippen LogP contribution < -0.4 is 0 Å². The van der Waals surface area contributed by atoms with Gasteiger partial charge in [-0.2, -0.15) is 0 Å². The summed E-state index contributed by atoms with van der Waals surface area (Å²) in [6, 6.07) is 0. The molecule has 0 aromatic carbocycles. The molecule has 0 saturated heterocycles. The van der Waals surface area contributed by atoms with E-state index in [0.717, 1.165) is 13.2 Å². The molecule has 1 nitrogen and oxygen atoms in total. The lowest BCUT2D eigenvalue weighted by Gasteiger charge is -2.12. The van der Waals surface area contributed by atoms with Crippen molar-refractivity contribution in [1.82, 2.24) is 0 Å². The number of hydrogen-bond acceptors (Lipinski definition) is 1. The van der Waals surface area contributed by atoms with Crippen molar-refractivity contribution in [1.29, 1.82) is 0 Å². The Balaban J connectivity index is 3.16. The fraction of sp³-hybridized carbons (Fsp3) is 1.00. The maximum absolute atomic E-state index is 5.78. The quantitative estimate of drug-likeness (QED) is 0.559. The van der Waals surface area contributed by atoms with E-state index in [2.05, 4.69) is 6.92 Å². The molecule has 2 unspecified atom stereocenters. The van der Waals surface area contributed by atoms with Gasteiger partial charge in [-0.25, -0.2) is 0 Å². The molecule has 0 heterocycles. The molecule has 0 aliphatic carbocycles. The van der Waals surface area contributed by atoms with E-state index in [-0.39, 0.29) is 5.38 Å². The van der Waals surface area contributed by atoms with Crippen molar-refractivity contribution in [2.45, 2.75) is 26.1 Å². The lowest BCUT2D eigenvalue weighted by Crippen LogP contribution is -2.14. The third kappa shape index (κ3) is 4.73. The van der Waals surface area contributed by atoms with E-state index in [1.54, 1.807) is 0 Å². The summed E-state index contributed by atoms with van der Waals surface area (Å²) in [6.07, 6.45) is 0. The van der Waals surface area contributed by atoms with Gasteiger partial charge in [0.1, 0.15) is 0 Å². The lowest BCUT2D eigenvalue weighted by atomic mass is 10.1. The van der Waals surface area contributed by atoms with Gasteiger partial charge in [0.15, 0.2) is 0 Å². The van der Waals surface area contributed by atoms with Crippen molar-refractivity contribution >= 4 is 11.6 Å². The van der Waals surface area contributed by atoms with Crippen molar-refractivity contribution in [3.05, 3.63) is 0 Å². The van der Waals surface area contributed by atoms with Gasteiger partial charge in [-0.3, -0.25) is 0 Å². The summed E-state index contributed by atoms with van der Waals surface area (Å²) in [5, 5.41) is 0.219. The standard InChI is InChI=1S/C7H15ClO/c1-4-9-5-6(2)7(3)8/h6-7H,4-5H2,1-3H3. The first-order valence-electron chi connectivity index (χ1n) is 3.40. The minimum atomic E-state index is 0.219. The molecule has 0 aliphatic rings. The van der Waals surface area contributed by atoms with Crippen LogP contribution in [0.2, 0.25) is 0 Å². The molecule has 0 bridgehead atoms. The molecular weight excluding hydrogens is 136 g/mol. The highest BCUT2D eigenvalue weighted by molar-refractivity contribution is 6.20. The van der Waals surface area contributed by atoms with Gasteiger partial charge in [-0.15, -0.1) is 11.6 Å². The Kier molecular flexibility index (Phi) is 5.21.